The number of carbonyl (C=O) groups is 1. The van der Waals surface area contributed by atoms with Crippen LogP contribution in [0, 0.1) is 12.8 Å². The first-order valence-corrected chi connectivity index (χ1v) is 9.37. The normalized spacial score (nSPS) is 19.4. The number of ether oxygens (including phenoxy) is 1. The van der Waals surface area contributed by atoms with Crippen molar-refractivity contribution >= 4 is 16.9 Å². The minimum absolute atomic E-state index is 0.00486. The quantitative estimate of drug-likeness (QED) is 0.451. The van der Waals surface area contributed by atoms with Gasteiger partial charge in [-0.1, -0.05) is 0 Å². The molecule has 0 saturated carbocycles. The van der Waals surface area contributed by atoms with Crippen LogP contribution in [-0.4, -0.2) is 35.9 Å². The number of aromatic hydroxyl groups is 1. The van der Waals surface area contributed by atoms with Crippen LogP contribution in [0.25, 0.3) is 11.0 Å². The van der Waals surface area contributed by atoms with Crippen molar-refractivity contribution in [1.82, 2.24) is 5.32 Å². The van der Waals surface area contributed by atoms with Gasteiger partial charge in [0.1, 0.15) is 28.2 Å². The number of rotatable bonds is 4. The van der Waals surface area contributed by atoms with Gasteiger partial charge in [0, 0.05) is 36.8 Å². The number of piperidine rings is 1. The summed E-state index contributed by atoms with van der Waals surface area (Å²) >= 11 is 0. The lowest BCUT2D eigenvalue weighted by molar-refractivity contribution is 0.0697. The second kappa shape index (κ2) is 7.73. The lowest BCUT2D eigenvalue weighted by Gasteiger charge is -2.32. The molecule has 3 N–H and O–H groups in total. The molecule has 152 valence electrons. The molecule has 3 aromatic rings. The predicted octanol–water partition coefficient (Wildman–Crippen LogP) is 2.30. The maximum absolute atomic E-state index is 12.5. The summed E-state index contributed by atoms with van der Waals surface area (Å²) in [7, 11) is 0. The van der Waals surface area contributed by atoms with E-state index in [4.69, 9.17) is 13.6 Å². The maximum Gasteiger partial charge on any atom is 0.379 e. The van der Waals surface area contributed by atoms with E-state index in [0.29, 0.717) is 30.8 Å². The van der Waals surface area contributed by atoms with Gasteiger partial charge < -0.3 is 29.1 Å². The molecular weight excluding hydrogens is 378 g/mol. The fourth-order valence-corrected chi connectivity index (χ4v) is 3.90. The summed E-state index contributed by atoms with van der Waals surface area (Å²) in [6.07, 6.45) is 1.99. The van der Waals surface area contributed by atoms with E-state index in [-0.39, 0.29) is 52.1 Å². The van der Waals surface area contributed by atoms with Gasteiger partial charge in [0.25, 0.3) is 0 Å². The number of esters is 1. The number of phenols is 1. The largest absolute Gasteiger partial charge is 0.507 e. The first kappa shape index (κ1) is 19.2. The van der Waals surface area contributed by atoms with E-state index in [1.54, 1.807) is 13.0 Å². The number of aliphatic hydroxyl groups is 1. The lowest BCUT2D eigenvalue weighted by atomic mass is 9.80. The number of aryl methyl sites for hydroxylation is 1. The van der Waals surface area contributed by atoms with Gasteiger partial charge >= 0.3 is 5.97 Å². The van der Waals surface area contributed by atoms with Crippen LogP contribution in [0.4, 0.5) is 0 Å². The average molecular weight is 399 g/mol. The highest BCUT2D eigenvalue weighted by Crippen LogP contribution is 2.43. The van der Waals surface area contributed by atoms with Gasteiger partial charge in [0.2, 0.25) is 5.76 Å². The van der Waals surface area contributed by atoms with Gasteiger partial charge in [-0.05, 0) is 37.9 Å². The van der Waals surface area contributed by atoms with E-state index < -0.39 is 5.97 Å². The SMILES string of the molecule is Cc1cc(=O)c2c(O)cc(OC(=O)c3ccco3)c(C3CCNCC3CO)c2o1. The Balaban J connectivity index is 1.94. The van der Waals surface area contributed by atoms with E-state index in [1.807, 2.05) is 0 Å². The van der Waals surface area contributed by atoms with Gasteiger partial charge in [0.15, 0.2) is 5.43 Å². The number of hydrogen-bond acceptors (Lipinski definition) is 8. The molecular formula is C21H21NO7. The molecule has 0 amide bonds. The van der Waals surface area contributed by atoms with Gasteiger partial charge in [-0.25, -0.2) is 4.79 Å². The highest BCUT2D eigenvalue weighted by molar-refractivity contribution is 5.92. The van der Waals surface area contributed by atoms with Crippen molar-refractivity contribution < 1.29 is 28.6 Å². The molecule has 0 radical (unpaired) electrons. The summed E-state index contributed by atoms with van der Waals surface area (Å²) in [5, 5.41) is 23.6. The number of aliphatic hydroxyl groups excluding tert-OH is 1. The van der Waals surface area contributed by atoms with Crippen molar-refractivity contribution in [2.75, 3.05) is 19.7 Å². The Kier molecular flexibility index (Phi) is 5.12. The zero-order valence-corrected chi connectivity index (χ0v) is 15.8. The van der Waals surface area contributed by atoms with Crippen LogP contribution in [0.1, 0.15) is 34.2 Å². The molecule has 2 unspecified atom stereocenters. The molecule has 4 rings (SSSR count). The molecule has 1 aromatic carbocycles. The van der Waals surface area contributed by atoms with Crippen molar-refractivity contribution in [1.29, 1.82) is 0 Å². The molecule has 1 aliphatic rings. The Morgan fingerprint density at radius 2 is 2.21 bits per heavy atom. The molecule has 0 aliphatic carbocycles. The Morgan fingerprint density at radius 1 is 1.38 bits per heavy atom. The standard InChI is InChI=1S/C21H21NO7/c1-11-7-14(24)19-15(25)8-17(29-21(26)16-3-2-6-27-16)18(20(19)28-11)13-4-5-22-9-12(13)10-23/h2-3,6-8,12-13,22-23,25H,4-5,9-10H2,1H3. The number of fused-ring (bicyclic) bond motifs is 1. The second-order valence-corrected chi connectivity index (χ2v) is 7.14. The number of furan rings is 1. The molecule has 0 bridgehead atoms. The fourth-order valence-electron chi connectivity index (χ4n) is 3.90. The Hall–Kier alpha value is -3.10. The summed E-state index contributed by atoms with van der Waals surface area (Å²) in [6.45, 7) is 2.78. The van der Waals surface area contributed by atoms with E-state index in [9.17, 15) is 19.8 Å². The van der Waals surface area contributed by atoms with Gasteiger partial charge in [-0.15, -0.1) is 0 Å². The predicted molar refractivity (Wildman–Crippen MR) is 103 cm³/mol. The second-order valence-electron chi connectivity index (χ2n) is 7.14. The summed E-state index contributed by atoms with van der Waals surface area (Å²) in [6, 6.07) is 5.58. The highest BCUT2D eigenvalue weighted by Gasteiger charge is 2.33. The Labute approximate surface area is 165 Å². The molecule has 1 aliphatic heterocycles. The number of benzene rings is 1. The smallest absolute Gasteiger partial charge is 0.379 e. The molecule has 3 heterocycles. The van der Waals surface area contributed by atoms with Crippen LogP contribution < -0.4 is 15.5 Å². The number of nitrogens with one attached hydrogen (secondary N) is 1. The summed E-state index contributed by atoms with van der Waals surface area (Å²) in [5.41, 5.74) is 0.266. The van der Waals surface area contributed by atoms with Crippen LogP contribution in [0.15, 0.2) is 44.2 Å². The Morgan fingerprint density at radius 3 is 2.93 bits per heavy atom. The number of carbonyl (C=O) groups excluding carboxylic acids is 1. The first-order valence-electron chi connectivity index (χ1n) is 9.37. The third-order valence-corrected chi connectivity index (χ3v) is 5.24. The minimum atomic E-state index is -0.737. The monoisotopic (exact) mass is 399 g/mol. The minimum Gasteiger partial charge on any atom is -0.507 e. The van der Waals surface area contributed by atoms with Gasteiger partial charge in [-0.3, -0.25) is 4.79 Å². The number of phenolic OH excluding ortho intramolecular Hbond substituents is 1. The van der Waals surface area contributed by atoms with E-state index in [0.717, 1.165) is 0 Å². The van der Waals surface area contributed by atoms with Crippen molar-refractivity contribution in [2.45, 2.75) is 19.3 Å². The average Bonchev–Trinajstić information content (AvgIpc) is 3.22. The van der Waals surface area contributed by atoms with Crippen molar-refractivity contribution in [2.24, 2.45) is 5.92 Å². The Bertz CT molecular complexity index is 1100. The van der Waals surface area contributed by atoms with Gasteiger partial charge in [-0.2, -0.15) is 0 Å². The van der Waals surface area contributed by atoms with Crippen molar-refractivity contribution in [3.8, 4) is 11.5 Å². The first-order chi connectivity index (χ1) is 14.0. The molecule has 1 fully saturated rings. The molecule has 8 heteroatoms. The molecule has 8 nitrogen and oxygen atoms in total. The van der Waals surface area contributed by atoms with Gasteiger partial charge in [0.05, 0.1) is 6.26 Å². The zero-order chi connectivity index (χ0) is 20.5. The summed E-state index contributed by atoms with van der Waals surface area (Å²) in [4.78, 5) is 25.0. The molecule has 0 spiro atoms. The lowest BCUT2D eigenvalue weighted by Crippen LogP contribution is -2.37. The van der Waals surface area contributed by atoms with E-state index in [1.165, 1.54) is 24.5 Å². The fraction of sp³-hybridized carbons (Fsp3) is 0.333. The third kappa shape index (κ3) is 3.52. The zero-order valence-electron chi connectivity index (χ0n) is 15.8. The van der Waals surface area contributed by atoms with Crippen LogP contribution in [0.5, 0.6) is 11.5 Å². The van der Waals surface area contributed by atoms with Crippen LogP contribution in [0.3, 0.4) is 0 Å². The molecule has 1 saturated heterocycles. The third-order valence-electron chi connectivity index (χ3n) is 5.24. The topological polar surface area (TPSA) is 122 Å². The van der Waals surface area contributed by atoms with E-state index >= 15 is 0 Å². The molecule has 2 aromatic heterocycles. The number of hydrogen-bond donors (Lipinski definition) is 3. The van der Waals surface area contributed by atoms with Crippen LogP contribution >= 0.6 is 0 Å². The summed E-state index contributed by atoms with van der Waals surface area (Å²) in [5.74, 6) is -1.04. The maximum atomic E-state index is 12.5. The highest BCUT2D eigenvalue weighted by atomic mass is 16.5. The van der Waals surface area contributed by atoms with Crippen LogP contribution in [-0.2, 0) is 0 Å². The van der Waals surface area contributed by atoms with E-state index in [2.05, 4.69) is 5.32 Å². The van der Waals surface area contributed by atoms with Crippen molar-refractivity contribution in [3.05, 3.63) is 57.8 Å². The van der Waals surface area contributed by atoms with Crippen molar-refractivity contribution in [3.63, 3.8) is 0 Å². The molecule has 2 atom stereocenters. The van der Waals surface area contributed by atoms with Crippen LogP contribution in [0.2, 0.25) is 0 Å². The molecule has 29 heavy (non-hydrogen) atoms. The summed E-state index contributed by atoms with van der Waals surface area (Å²) < 4.78 is 16.5.